The second-order valence-electron chi connectivity index (χ2n) is 5.76. The molecular formula is C18H19N3O3. The van der Waals surface area contributed by atoms with E-state index in [1.807, 2.05) is 37.3 Å². The van der Waals surface area contributed by atoms with E-state index in [-0.39, 0.29) is 18.2 Å². The number of rotatable bonds is 4. The molecule has 6 heteroatoms. The number of carbonyl (C=O) groups is 1. The maximum absolute atomic E-state index is 12.1. The highest BCUT2D eigenvalue weighted by Gasteiger charge is 2.10. The average molecular weight is 325 g/mol. The second kappa shape index (κ2) is 6.23. The van der Waals surface area contributed by atoms with Gasteiger partial charge in [0.05, 0.1) is 11.0 Å². The molecule has 0 atom stereocenters. The fourth-order valence-corrected chi connectivity index (χ4v) is 2.64. The van der Waals surface area contributed by atoms with Crippen LogP contribution in [0.2, 0.25) is 0 Å². The third kappa shape index (κ3) is 3.03. The maximum Gasteiger partial charge on any atom is 0.328 e. The molecule has 0 saturated heterocycles. The first-order valence-electron chi connectivity index (χ1n) is 7.60. The molecule has 1 amide bonds. The predicted molar refractivity (Wildman–Crippen MR) is 93.5 cm³/mol. The van der Waals surface area contributed by atoms with Gasteiger partial charge in [-0.3, -0.25) is 13.9 Å². The lowest BCUT2D eigenvalue weighted by Crippen LogP contribution is -2.20. The van der Waals surface area contributed by atoms with Gasteiger partial charge in [-0.1, -0.05) is 12.1 Å². The minimum atomic E-state index is -0.253. The number of hydrogen-bond donors (Lipinski definition) is 1. The molecule has 0 aliphatic rings. The number of anilines is 1. The third-order valence-electron chi connectivity index (χ3n) is 3.92. The summed E-state index contributed by atoms with van der Waals surface area (Å²) in [5.74, 6) is 0.405. The number of nitrogens with one attached hydrogen (secondary N) is 1. The first-order valence-corrected chi connectivity index (χ1v) is 7.60. The van der Waals surface area contributed by atoms with E-state index in [0.29, 0.717) is 11.4 Å². The molecule has 24 heavy (non-hydrogen) atoms. The summed E-state index contributed by atoms with van der Waals surface area (Å²) < 4.78 is 8.60. The monoisotopic (exact) mass is 325 g/mol. The van der Waals surface area contributed by atoms with Crippen LogP contribution in [-0.2, 0) is 18.9 Å². The standard InChI is InChI=1S/C18H19N3O3/c1-12-5-4-6-14(9-12)24-11-17(22)19-13-7-8-15-16(10-13)21(3)18(23)20(15)2/h4-10H,11H2,1-3H3,(H,19,22). The van der Waals surface area contributed by atoms with Crippen molar-refractivity contribution in [1.29, 1.82) is 0 Å². The van der Waals surface area contributed by atoms with E-state index in [1.165, 1.54) is 0 Å². The Morgan fingerprint density at radius 2 is 1.83 bits per heavy atom. The van der Waals surface area contributed by atoms with Crippen molar-refractivity contribution in [1.82, 2.24) is 9.13 Å². The molecule has 0 saturated carbocycles. The largest absolute Gasteiger partial charge is 0.484 e. The van der Waals surface area contributed by atoms with Crippen LogP contribution < -0.4 is 15.7 Å². The number of aryl methyl sites for hydroxylation is 3. The molecule has 3 rings (SSSR count). The van der Waals surface area contributed by atoms with E-state index in [2.05, 4.69) is 5.32 Å². The molecule has 0 unspecified atom stereocenters. The van der Waals surface area contributed by atoms with E-state index in [1.54, 1.807) is 35.4 Å². The summed E-state index contributed by atoms with van der Waals surface area (Å²) in [6.45, 7) is 1.89. The molecule has 2 aromatic carbocycles. The Bertz CT molecular complexity index is 969. The zero-order valence-electron chi connectivity index (χ0n) is 13.9. The van der Waals surface area contributed by atoms with E-state index >= 15 is 0 Å². The molecule has 1 aromatic heterocycles. The van der Waals surface area contributed by atoms with Gasteiger partial charge in [0.15, 0.2) is 6.61 Å². The van der Waals surface area contributed by atoms with Crippen LogP contribution >= 0.6 is 0 Å². The highest BCUT2D eigenvalue weighted by molar-refractivity contribution is 5.94. The van der Waals surface area contributed by atoms with Gasteiger partial charge in [-0.05, 0) is 42.8 Å². The maximum atomic E-state index is 12.1. The molecule has 0 bridgehead atoms. The minimum Gasteiger partial charge on any atom is -0.484 e. The number of imidazole rings is 1. The lowest BCUT2D eigenvalue weighted by molar-refractivity contribution is -0.118. The van der Waals surface area contributed by atoms with E-state index in [4.69, 9.17) is 4.74 Å². The summed E-state index contributed by atoms with van der Waals surface area (Å²) in [6, 6.07) is 12.9. The molecule has 0 spiro atoms. The van der Waals surface area contributed by atoms with Crippen LogP contribution in [0.1, 0.15) is 5.56 Å². The Balaban J connectivity index is 1.71. The predicted octanol–water partition coefficient (Wildman–Crippen LogP) is 2.20. The van der Waals surface area contributed by atoms with Crippen LogP contribution in [0.3, 0.4) is 0 Å². The van der Waals surface area contributed by atoms with Gasteiger partial charge in [0, 0.05) is 19.8 Å². The van der Waals surface area contributed by atoms with Gasteiger partial charge in [-0.15, -0.1) is 0 Å². The van der Waals surface area contributed by atoms with Gasteiger partial charge < -0.3 is 10.1 Å². The van der Waals surface area contributed by atoms with Crippen molar-refractivity contribution in [3.8, 4) is 5.75 Å². The Hall–Kier alpha value is -3.02. The van der Waals surface area contributed by atoms with Crippen LogP contribution in [0.25, 0.3) is 11.0 Å². The number of benzene rings is 2. The summed E-state index contributed by atoms with van der Waals surface area (Å²) in [7, 11) is 3.43. The van der Waals surface area contributed by atoms with Gasteiger partial charge in [0.2, 0.25) is 0 Å². The summed E-state index contributed by atoms with van der Waals surface area (Å²) in [5, 5.41) is 2.79. The van der Waals surface area contributed by atoms with Crippen LogP contribution in [0.4, 0.5) is 5.69 Å². The van der Waals surface area contributed by atoms with Crippen molar-refractivity contribution >= 4 is 22.6 Å². The zero-order valence-corrected chi connectivity index (χ0v) is 13.9. The Morgan fingerprint density at radius 3 is 2.58 bits per heavy atom. The molecule has 0 aliphatic carbocycles. The van der Waals surface area contributed by atoms with Crippen molar-refractivity contribution in [2.45, 2.75) is 6.92 Å². The number of amides is 1. The Morgan fingerprint density at radius 1 is 1.08 bits per heavy atom. The number of nitrogens with zero attached hydrogens (tertiary/aromatic N) is 2. The number of aromatic nitrogens is 2. The van der Waals surface area contributed by atoms with Crippen molar-refractivity contribution in [3.05, 3.63) is 58.5 Å². The van der Waals surface area contributed by atoms with E-state index in [0.717, 1.165) is 16.6 Å². The highest BCUT2D eigenvalue weighted by Crippen LogP contribution is 2.18. The van der Waals surface area contributed by atoms with Crippen molar-refractivity contribution < 1.29 is 9.53 Å². The number of hydrogen-bond acceptors (Lipinski definition) is 3. The zero-order chi connectivity index (χ0) is 17.3. The van der Waals surface area contributed by atoms with Crippen LogP contribution in [0.5, 0.6) is 5.75 Å². The lowest BCUT2D eigenvalue weighted by atomic mass is 10.2. The Labute approximate surface area is 139 Å². The van der Waals surface area contributed by atoms with E-state index < -0.39 is 0 Å². The molecule has 1 N–H and O–H groups in total. The molecule has 0 radical (unpaired) electrons. The van der Waals surface area contributed by atoms with Gasteiger partial charge in [0.25, 0.3) is 5.91 Å². The van der Waals surface area contributed by atoms with Gasteiger partial charge in [0.1, 0.15) is 5.75 Å². The topological polar surface area (TPSA) is 65.3 Å². The molecule has 124 valence electrons. The fraction of sp³-hybridized carbons (Fsp3) is 0.222. The lowest BCUT2D eigenvalue weighted by Gasteiger charge is -2.08. The summed E-state index contributed by atoms with van der Waals surface area (Å²) in [6.07, 6.45) is 0. The van der Waals surface area contributed by atoms with Gasteiger partial charge >= 0.3 is 5.69 Å². The van der Waals surface area contributed by atoms with E-state index in [9.17, 15) is 9.59 Å². The number of fused-ring (bicyclic) bond motifs is 1. The van der Waals surface area contributed by atoms with Gasteiger partial charge in [-0.25, -0.2) is 4.79 Å². The van der Waals surface area contributed by atoms with Crippen LogP contribution in [-0.4, -0.2) is 21.6 Å². The highest BCUT2D eigenvalue weighted by atomic mass is 16.5. The second-order valence-corrected chi connectivity index (χ2v) is 5.76. The van der Waals surface area contributed by atoms with Crippen LogP contribution in [0.15, 0.2) is 47.3 Å². The van der Waals surface area contributed by atoms with Crippen molar-refractivity contribution in [2.24, 2.45) is 14.1 Å². The first kappa shape index (κ1) is 15.9. The molecular weight excluding hydrogens is 306 g/mol. The SMILES string of the molecule is Cc1cccc(OCC(=O)Nc2ccc3c(c2)n(C)c(=O)n3C)c1. The van der Waals surface area contributed by atoms with Gasteiger partial charge in [-0.2, -0.15) is 0 Å². The summed E-state index contributed by atoms with van der Waals surface area (Å²) in [4.78, 5) is 24.0. The average Bonchev–Trinajstić information content (AvgIpc) is 2.77. The number of carbonyl (C=O) groups excluding carboxylic acids is 1. The molecule has 3 aromatic rings. The third-order valence-corrected chi connectivity index (χ3v) is 3.92. The fourth-order valence-electron chi connectivity index (χ4n) is 2.64. The quantitative estimate of drug-likeness (QED) is 0.800. The summed E-state index contributed by atoms with van der Waals surface area (Å²) in [5.41, 5.74) is 3.18. The van der Waals surface area contributed by atoms with Crippen molar-refractivity contribution in [2.75, 3.05) is 11.9 Å². The normalized spacial score (nSPS) is 10.8. The first-order chi connectivity index (χ1) is 11.5. The minimum absolute atomic E-state index is 0.0742. The van der Waals surface area contributed by atoms with Crippen LogP contribution in [0, 0.1) is 6.92 Å². The molecule has 0 fully saturated rings. The smallest absolute Gasteiger partial charge is 0.328 e. The molecule has 1 heterocycles. The molecule has 6 nitrogen and oxygen atoms in total. The number of ether oxygens (including phenoxy) is 1. The summed E-state index contributed by atoms with van der Waals surface area (Å²) >= 11 is 0. The molecule has 0 aliphatic heterocycles. The Kier molecular flexibility index (Phi) is 4.12. The van der Waals surface area contributed by atoms with Crippen molar-refractivity contribution in [3.63, 3.8) is 0 Å².